The highest BCUT2D eigenvalue weighted by molar-refractivity contribution is 6.87. The van der Waals surface area contributed by atoms with Crippen molar-refractivity contribution in [2.75, 3.05) is 14.1 Å². The molecule has 5 heteroatoms. The summed E-state index contributed by atoms with van der Waals surface area (Å²) in [5, 5.41) is 2.55. The topological polar surface area (TPSA) is 45.5 Å². The predicted molar refractivity (Wildman–Crippen MR) is 62.8 cm³/mol. The molecule has 1 amide bonds. The van der Waals surface area contributed by atoms with Gasteiger partial charge in [0.1, 0.15) is 8.07 Å². The molecule has 0 aromatic carbocycles. The lowest BCUT2D eigenvalue weighted by molar-refractivity contribution is 0.0829. The zero-order chi connectivity index (χ0) is 11.6. The average molecular weight is 226 g/mol. The van der Waals surface area contributed by atoms with E-state index in [2.05, 4.69) is 25.1 Å². The molecule has 0 aliphatic rings. The number of hydrogen-bond donors (Lipinski definition) is 1. The van der Waals surface area contributed by atoms with Crippen LogP contribution in [-0.4, -0.2) is 33.1 Å². The van der Waals surface area contributed by atoms with Gasteiger partial charge in [-0.1, -0.05) is 19.6 Å². The summed E-state index contributed by atoms with van der Waals surface area (Å²) in [6, 6.07) is 3.63. The number of hydrogen-bond acceptors (Lipinski definition) is 3. The summed E-state index contributed by atoms with van der Waals surface area (Å²) in [6.07, 6.45) is 0. The summed E-state index contributed by atoms with van der Waals surface area (Å²) >= 11 is 0. The van der Waals surface area contributed by atoms with E-state index >= 15 is 0 Å². The molecule has 1 aromatic rings. The minimum atomic E-state index is -1.46. The summed E-state index contributed by atoms with van der Waals surface area (Å²) in [6.45, 7) is 6.54. The summed E-state index contributed by atoms with van der Waals surface area (Å²) in [4.78, 5) is 11.6. The van der Waals surface area contributed by atoms with E-state index in [4.69, 9.17) is 4.42 Å². The highest BCUT2D eigenvalue weighted by Gasteiger charge is 2.22. The molecule has 4 nitrogen and oxygen atoms in total. The maximum absolute atomic E-state index is 11.6. The highest BCUT2D eigenvalue weighted by atomic mass is 28.3. The third-order valence-electron chi connectivity index (χ3n) is 1.89. The fourth-order valence-electron chi connectivity index (χ4n) is 1.12. The molecular formula is C10H18N2O2Si. The van der Waals surface area contributed by atoms with Gasteiger partial charge >= 0.3 is 5.91 Å². The van der Waals surface area contributed by atoms with Gasteiger partial charge < -0.3 is 4.42 Å². The second kappa shape index (κ2) is 4.20. The van der Waals surface area contributed by atoms with E-state index in [9.17, 15) is 4.79 Å². The van der Waals surface area contributed by atoms with Crippen LogP contribution < -0.4 is 10.8 Å². The Kier molecular flexibility index (Phi) is 3.36. The van der Waals surface area contributed by atoms with Crippen LogP contribution in [0.1, 0.15) is 10.6 Å². The number of carbonyl (C=O) groups is 1. The van der Waals surface area contributed by atoms with E-state index in [-0.39, 0.29) is 5.91 Å². The largest absolute Gasteiger partial charge is 0.461 e. The van der Waals surface area contributed by atoms with Gasteiger partial charge in [0, 0.05) is 14.1 Å². The molecule has 0 fully saturated rings. The molecule has 0 bridgehead atoms. The number of furan rings is 1. The van der Waals surface area contributed by atoms with E-state index in [1.165, 1.54) is 0 Å². The van der Waals surface area contributed by atoms with Crippen molar-refractivity contribution < 1.29 is 9.21 Å². The fourth-order valence-corrected chi connectivity index (χ4v) is 2.12. The van der Waals surface area contributed by atoms with Crippen LogP contribution in [0.2, 0.25) is 19.6 Å². The number of carbonyl (C=O) groups excluding carboxylic acids is 1. The standard InChI is InChI=1S/C10H18N2O2Si/c1-12(2)11-10(13)8-6-7-9(14-8)15(3,4)5/h6-7H,1-5H3,(H,11,13). The Balaban J connectivity index is 2.81. The summed E-state index contributed by atoms with van der Waals surface area (Å²) in [7, 11) is 2.07. The minimum Gasteiger partial charge on any atom is -0.461 e. The van der Waals surface area contributed by atoms with Gasteiger partial charge in [0.05, 0.1) is 5.38 Å². The smallest absolute Gasteiger partial charge is 0.301 e. The molecule has 0 radical (unpaired) electrons. The lowest BCUT2D eigenvalue weighted by Gasteiger charge is -2.12. The number of rotatable bonds is 3. The van der Waals surface area contributed by atoms with Crippen LogP contribution in [-0.2, 0) is 0 Å². The van der Waals surface area contributed by atoms with Gasteiger partial charge in [0.25, 0.3) is 0 Å². The highest BCUT2D eigenvalue weighted by Crippen LogP contribution is 2.06. The van der Waals surface area contributed by atoms with Crippen LogP contribution in [0.4, 0.5) is 0 Å². The monoisotopic (exact) mass is 226 g/mol. The van der Waals surface area contributed by atoms with E-state index in [0.29, 0.717) is 5.76 Å². The molecule has 0 aliphatic carbocycles. The first kappa shape index (κ1) is 12.0. The summed E-state index contributed by atoms with van der Waals surface area (Å²) in [5.74, 6) is 0.172. The van der Waals surface area contributed by atoms with Crippen molar-refractivity contribution in [3.63, 3.8) is 0 Å². The number of nitrogens with one attached hydrogen (secondary N) is 1. The lowest BCUT2D eigenvalue weighted by Crippen LogP contribution is -2.37. The van der Waals surface area contributed by atoms with Crippen molar-refractivity contribution in [2.45, 2.75) is 19.6 Å². The first-order valence-corrected chi connectivity index (χ1v) is 8.39. The Labute approximate surface area is 91.2 Å². The Morgan fingerprint density at radius 3 is 2.33 bits per heavy atom. The summed E-state index contributed by atoms with van der Waals surface area (Å²) < 4.78 is 5.53. The molecule has 0 aliphatic heterocycles. The van der Waals surface area contributed by atoms with E-state index in [1.807, 2.05) is 6.07 Å². The molecule has 1 N–H and O–H groups in total. The Hall–Kier alpha value is -1.07. The average Bonchev–Trinajstić information content (AvgIpc) is 2.48. The molecule has 0 unspecified atom stereocenters. The van der Waals surface area contributed by atoms with Gasteiger partial charge in [0.2, 0.25) is 0 Å². The second-order valence-electron chi connectivity index (χ2n) is 4.75. The van der Waals surface area contributed by atoms with E-state index in [0.717, 1.165) is 5.38 Å². The molecule has 0 saturated carbocycles. The van der Waals surface area contributed by atoms with Crippen molar-refractivity contribution in [1.29, 1.82) is 0 Å². The van der Waals surface area contributed by atoms with Crippen LogP contribution in [0.3, 0.4) is 0 Å². The van der Waals surface area contributed by atoms with Crippen LogP contribution in [0.15, 0.2) is 16.5 Å². The van der Waals surface area contributed by atoms with Crippen molar-refractivity contribution in [3.8, 4) is 0 Å². The van der Waals surface area contributed by atoms with Crippen LogP contribution in [0, 0.1) is 0 Å². The second-order valence-corrected chi connectivity index (χ2v) is 9.74. The summed E-state index contributed by atoms with van der Waals surface area (Å²) in [5.41, 5.74) is 2.64. The van der Waals surface area contributed by atoms with Crippen molar-refractivity contribution in [2.24, 2.45) is 0 Å². The quantitative estimate of drug-likeness (QED) is 0.618. The van der Waals surface area contributed by atoms with Crippen molar-refractivity contribution in [3.05, 3.63) is 17.9 Å². The van der Waals surface area contributed by atoms with Gasteiger partial charge in [-0.3, -0.25) is 10.2 Å². The van der Waals surface area contributed by atoms with Crippen molar-refractivity contribution in [1.82, 2.24) is 10.4 Å². The van der Waals surface area contributed by atoms with Gasteiger partial charge in [-0.15, -0.1) is 0 Å². The molecule has 15 heavy (non-hydrogen) atoms. The molecule has 0 atom stereocenters. The van der Waals surface area contributed by atoms with Gasteiger partial charge in [-0.2, -0.15) is 0 Å². The zero-order valence-corrected chi connectivity index (χ0v) is 10.9. The molecule has 0 spiro atoms. The number of nitrogens with zero attached hydrogens (tertiary/aromatic N) is 1. The Morgan fingerprint density at radius 2 is 1.93 bits per heavy atom. The number of amides is 1. The molecular weight excluding hydrogens is 208 g/mol. The van der Waals surface area contributed by atoms with Crippen LogP contribution >= 0.6 is 0 Å². The van der Waals surface area contributed by atoms with Crippen LogP contribution in [0.25, 0.3) is 0 Å². The van der Waals surface area contributed by atoms with Crippen LogP contribution in [0.5, 0.6) is 0 Å². The van der Waals surface area contributed by atoms with E-state index in [1.54, 1.807) is 25.2 Å². The molecule has 1 aromatic heterocycles. The number of hydrazine groups is 1. The van der Waals surface area contributed by atoms with Gasteiger partial charge in [-0.05, 0) is 12.1 Å². The zero-order valence-electron chi connectivity index (χ0n) is 9.92. The maximum Gasteiger partial charge on any atom is 0.301 e. The third-order valence-corrected chi connectivity index (χ3v) is 3.64. The maximum atomic E-state index is 11.6. The molecule has 1 heterocycles. The third kappa shape index (κ3) is 3.21. The van der Waals surface area contributed by atoms with Crippen molar-refractivity contribution >= 4 is 19.4 Å². The predicted octanol–water partition coefficient (Wildman–Crippen LogP) is 1.03. The SMILES string of the molecule is CN(C)NC(=O)c1ccc([Si](C)(C)C)o1. The van der Waals surface area contributed by atoms with Gasteiger partial charge in [0.15, 0.2) is 5.76 Å². The molecule has 0 saturated heterocycles. The first-order valence-electron chi connectivity index (χ1n) is 4.89. The lowest BCUT2D eigenvalue weighted by atomic mass is 10.4. The fraction of sp³-hybridized carbons (Fsp3) is 0.500. The Bertz CT molecular complexity index is 353. The molecule has 84 valence electrons. The van der Waals surface area contributed by atoms with E-state index < -0.39 is 8.07 Å². The first-order chi connectivity index (χ1) is 6.80. The normalized spacial score (nSPS) is 11.9. The molecule has 1 rings (SSSR count). The Morgan fingerprint density at radius 1 is 1.33 bits per heavy atom. The minimum absolute atomic E-state index is 0.204. The van der Waals surface area contributed by atoms with Gasteiger partial charge in [-0.25, -0.2) is 5.01 Å².